The number of halogens is 1. The number of nitrogens with one attached hydrogen (secondary N) is 1. The van der Waals surface area contributed by atoms with Crippen molar-refractivity contribution < 1.29 is 4.39 Å². The summed E-state index contributed by atoms with van der Waals surface area (Å²) in [5, 5.41) is 3.58. The van der Waals surface area contributed by atoms with Crippen molar-refractivity contribution in [2.45, 2.75) is 45.7 Å². The molecule has 0 radical (unpaired) electrons. The fraction of sp³-hybridized carbons (Fsp3) is 0.571. The van der Waals surface area contributed by atoms with E-state index in [-0.39, 0.29) is 11.4 Å². The van der Waals surface area contributed by atoms with Crippen molar-refractivity contribution in [3.05, 3.63) is 35.1 Å². The highest BCUT2D eigenvalue weighted by molar-refractivity contribution is 5.26. The van der Waals surface area contributed by atoms with Crippen LogP contribution in [0.3, 0.4) is 0 Å². The average Bonchev–Trinajstić information content (AvgIpc) is 2.99. The van der Waals surface area contributed by atoms with Crippen LogP contribution in [0.1, 0.15) is 37.8 Å². The SMILES string of the molecule is Cc1cc(F)ccc1CNC(C)(C)C1CC1. The summed E-state index contributed by atoms with van der Waals surface area (Å²) in [6, 6.07) is 5.01. The van der Waals surface area contributed by atoms with Crippen LogP contribution >= 0.6 is 0 Å². The minimum atomic E-state index is -0.150. The van der Waals surface area contributed by atoms with Gasteiger partial charge in [-0.1, -0.05) is 6.07 Å². The number of aryl methyl sites for hydroxylation is 1. The van der Waals surface area contributed by atoms with Crippen LogP contribution in [0.4, 0.5) is 4.39 Å². The Labute approximate surface area is 97.1 Å². The second kappa shape index (κ2) is 4.17. The van der Waals surface area contributed by atoms with Crippen molar-refractivity contribution >= 4 is 0 Å². The molecule has 1 nitrogen and oxygen atoms in total. The van der Waals surface area contributed by atoms with E-state index in [2.05, 4.69) is 19.2 Å². The summed E-state index contributed by atoms with van der Waals surface area (Å²) < 4.78 is 12.9. The molecule has 2 heteroatoms. The second-order valence-electron chi connectivity index (χ2n) is 5.42. The fourth-order valence-corrected chi connectivity index (χ4v) is 2.13. The molecule has 1 aromatic rings. The lowest BCUT2D eigenvalue weighted by atomic mass is 9.98. The second-order valence-corrected chi connectivity index (χ2v) is 5.42. The highest BCUT2D eigenvalue weighted by atomic mass is 19.1. The molecule has 88 valence electrons. The Balaban J connectivity index is 1.98. The van der Waals surface area contributed by atoms with Gasteiger partial charge in [-0.2, -0.15) is 0 Å². The molecule has 16 heavy (non-hydrogen) atoms. The molecule has 0 atom stereocenters. The Bertz CT molecular complexity index is 380. The quantitative estimate of drug-likeness (QED) is 0.821. The molecule has 1 N–H and O–H groups in total. The van der Waals surface area contributed by atoms with E-state index in [0.717, 1.165) is 18.0 Å². The monoisotopic (exact) mass is 221 g/mol. The van der Waals surface area contributed by atoms with Gasteiger partial charge in [0.05, 0.1) is 0 Å². The lowest BCUT2D eigenvalue weighted by molar-refractivity contribution is 0.339. The van der Waals surface area contributed by atoms with Gasteiger partial charge < -0.3 is 5.32 Å². The maximum Gasteiger partial charge on any atom is 0.123 e. The van der Waals surface area contributed by atoms with Gasteiger partial charge in [0, 0.05) is 12.1 Å². The highest BCUT2D eigenvalue weighted by Gasteiger charge is 2.37. The van der Waals surface area contributed by atoms with Crippen LogP contribution in [0.15, 0.2) is 18.2 Å². The van der Waals surface area contributed by atoms with Crippen molar-refractivity contribution in [3.63, 3.8) is 0 Å². The highest BCUT2D eigenvalue weighted by Crippen LogP contribution is 2.39. The zero-order valence-corrected chi connectivity index (χ0v) is 10.3. The molecule has 1 fully saturated rings. The van der Waals surface area contributed by atoms with E-state index in [1.165, 1.54) is 24.5 Å². The van der Waals surface area contributed by atoms with Gasteiger partial charge in [0.2, 0.25) is 0 Å². The van der Waals surface area contributed by atoms with Gasteiger partial charge in [-0.15, -0.1) is 0 Å². The molecule has 0 aromatic heterocycles. The lowest BCUT2D eigenvalue weighted by Crippen LogP contribution is -2.40. The smallest absolute Gasteiger partial charge is 0.123 e. The minimum absolute atomic E-state index is 0.150. The summed E-state index contributed by atoms with van der Waals surface area (Å²) in [4.78, 5) is 0. The van der Waals surface area contributed by atoms with Crippen molar-refractivity contribution in [2.24, 2.45) is 5.92 Å². The standard InChI is InChI=1S/C14H20FN/c1-10-8-13(15)7-4-11(10)9-16-14(2,3)12-5-6-12/h4,7-8,12,16H,5-6,9H2,1-3H3. The molecule has 0 spiro atoms. The largest absolute Gasteiger partial charge is 0.307 e. The van der Waals surface area contributed by atoms with E-state index in [1.54, 1.807) is 6.07 Å². The molecule has 0 bridgehead atoms. The van der Waals surface area contributed by atoms with Gasteiger partial charge in [-0.25, -0.2) is 4.39 Å². The van der Waals surface area contributed by atoms with Gasteiger partial charge >= 0.3 is 0 Å². The predicted molar refractivity (Wildman–Crippen MR) is 64.8 cm³/mol. The van der Waals surface area contributed by atoms with Crippen LogP contribution in [-0.2, 0) is 6.54 Å². The summed E-state index contributed by atoms with van der Waals surface area (Å²) in [6.07, 6.45) is 2.67. The van der Waals surface area contributed by atoms with Crippen LogP contribution in [0, 0.1) is 18.7 Å². The first-order valence-corrected chi connectivity index (χ1v) is 5.99. The summed E-state index contributed by atoms with van der Waals surface area (Å²) >= 11 is 0. The molecule has 0 amide bonds. The zero-order valence-electron chi connectivity index (χ0n) is 10.3. The molecule has 0 heterocycles. The predicted octanol–water partition coefficient (Wildman–Crippen LogP) is 3.41. The van der Waals surface area contributed by atoms with Crippen LogP contribution in [-0.4, -0.2) is 5.54 Å². The van der Waals surface area contributed by atoms with E-state index < -0.39 is 0 Å². The molecule has 1 aliphatic rings. The Kier molecular flexibility index (Phi) is 3.02. The van der Waals surface area contributed by atoms with Gasteiger partial charge in [-0.05, 0) is 62.8 Å². The van der Waals surface area contributed by atoms with E-state index in [4.69, 9.17) is 0 Å². The van der Waals surface area contributed by atoms with Crippen molar-refractivity contribution in [1.82, 2.24) is 5.32 Å². The van der Waals surface area contributed by atoms with Gasteiger partial charge in [0.25, 0.3) is 0 Å². The van der Waals surface area contributed by atoms with E-state index in [9.17, 15) is 4.39 Å². The third-order valence-corrected chi connectivity index (χ3v) is 3.64. The minimum Gasteiger partial charge on any atom is -0.307 e. The molecule has 2 rings (SSSR count). The van der Waals surface area contributed by atoms with E-state index in [1.807, 2.05) is 13.0 Å². The Morgan fingerprint density at radius 3 is 2.62 bits per heavy atom. The first kappa shape index (κ1) is 11.6. The maximum absolute atomic E-state index is 12.9. The zero-order chi connectivity index (χ0) is 11.8. The molecule has 0 unspecified atom stereocenters. The van der Waals surface area contributed by atoms with Crippen molar-refractivity contribution in [2.75, 3.05) is 0 Å². The fourth-order valence-electron chi connectivity index (χ4n) is 2.13. The van der Waals surface area contributed by atoms with Crippen LogP contribution in [0.5, 0.6) is 0 Å². The van der Waals surface area contributed by atoms with E-state index >= 15 is 0 Å². The Morgan fingerprint density at radius 1 is 1.38 bits per heavy atom. The third-order valence-electron chi connectivity index (χ3n) is 3.64. The lowest BCUT2D eigenvalue weighted by Gasteiger charge is -2.26. The normalized spacial score (nSPS) is 16.5. The third kappa shape index (κ3) is 2.62. The van der Waals surface area contributed by atoms with E-state index in [0.29, 0.717) is 0 Å². The van der Waals surface area contributed by atoms with Gasteiger partial charge in [0.1, 0.15) is 5.82 Å². The molecule has 1 saturated carbocycles. The molecule has 0 saturated heterocycles. The summed E-state index contributed by atoms with van der Waals surface area (Å²) in [5.74, 6) is 0.663. The Hall–Kier alpha value is -0.890. The van der Waals surface area contributed by atoms with Crippen LogP contribution in [0.2, 0.25) is 0 Å². The van der Waals surface area contributed by atoms with Crippen LogP contribution < -0.4 is 5.32 Å². The molecule has 1 aromatic carbocycles. The molecule has 0 aliphatic heterocycles. The van der Waals surface area contributed by atoms with Crippen molar-refractivity contribution in [1.29, 1.82) is 0 Å². The first-order chi connectivity index (χ1) is 7.49. The van der Waals surface area contributed by atoms with Crippen molar-refractivity contribution in [3.8, 4) is 0 Å². The number of hydrogen-bond donors (Lipinski definition) is 1. The summed E-state index contributed by atoms with van der Waals surface area (Å²) in [7, 11) is 0. The summed E-state index contributed by atoms with van der Waals surface area (Å²) in [6.45, 7) is 7.30. The number of benzene rings is 1. The topological polar surface area (TPSA) is 12.0 Å². The molecular formula is C14H20FN. The van der Waals surface area contributed by atoms with Gasteiger partial charge in [-0.3, -0.25) is 0 Å². The summed E-state index contributed by atoms with van der Waals surface area (Å²) in [5.41, 5.74) is 2.43. The Morgan fingerprint density at radius 2 is 2.06 bits per heavy atom. The molecular weight excluding hydrogens is 201 g/mol. The van der Waals surface area contributed by atoms with Crippen LogP contribution in [0.25, 0.3) is 0 Å². The molecule has 1 aliphatic carbocycles. The van der Waals surface area contributed by atoms with Gasteiger partial charge in [0.15, 0.2) is 0 Å². The first-order valence-electron chi connectivity index (χ1n) is 5.99. The average molecular weight is 221 g/mol. The maximum atomic E-state index is 12.9. The number of hydrogen-bond acceptors (Lipinski definition) is 1. The number of rotatable bonds is 4.